The molecule has 0 aromatic carbocycles. The molecule has 112 valence electrons. The molecule has 0 atom stereocenters. The molecule has 0 spiro atoms. The van der Waals surface area contributed by atoms with Crippen LogP contribution in [0.25, 0.3) is 0 Å². The second-order valence-corrected chi connectivity index (χ2v) is 14.3. The van der Waals surface area contributed by atoms with E-state index in [4.69, 9.17) is 4.12 Å². The van der Waals surface area contributed by atoms with Crippen LogP contribution in [0.3, 0.4) is 0 Å². The van der Waals surface area contributed by atoms with E-state index < -0.39 is 16.6 Å². The molecular weight excluding hydrogens is 240 g/mol. The van der Waals surface area contributed by atoms with Crippen LogP contribution in [0.4, 0.5) is 0 Å². The Kier molecular flexibility index (Phi) is 25.9. The summed E-state index contributed by atoms with van der Waals surface area (Å²) < 4.78 is 6.20. The summed E-state index contributed by atoms with van der Waals surface area (Å²) in [7, 11) is -2.54. The van der Waals surface area contributed by atoms with Crippen LogP contribution in [0, 0.1) is 0 Å². The SMILES string of the molecule is C.C.C.CCC.CC[Si](C)(C)O[Si](C)(C)CC. The van der Waals surface area contributed by atoms with Gasteiger partial charge in [0.15, 0.2) is 16.6 Å². The van der Waals surface area contributed by atoms with Crippen LogP contribution in [0.1, 0.15) is 56.4 Å². The average Bonchev–Trinajstić information content (AvgIpc) is 2.04. The van der Waals surface area contributed by atoms with Crippen molar-refractivity contribution in [3.05, 3.63) is 0 Å². The van der Waals surface area contributed by atoms with E-state index in [-0.39, 0.29) is 22.3 Å². The van der Waals surface area contributed by atoms with E-state index in [0.717, 1.165) is 0 Å². The highest BCUT2D eigenvalue weighted by Crippen LogP contribution is 2.20. The number of hydrogen-bond donors (Lipinski definition) is 0. The normalized spacial score (nSPS) is 9.88. The van der Waals surface area contributed by atoms with Crippen LogP contribution < -0.4 is 0 Å². The zero-order valence-corrected chi connectivity index (χ0v) is 13.5. The van der Waals surface area contributed by atoms with E-state index >= 15 is 0 Å². The highest BCUT2D eigenvalue weighted by molar-refractivity contribution is 6.84. The fourth-order valence-electron chi connectivity index (χ4n) is 0.892. The van der Waals surface area contributed by atoms with Crippen LogP contribution in [0.15, 0.2) is 0 Å². The number of rotatable bonds is 4. The summed E-state index contributed by atoms with van der Waals surface area (Å²) in [5.74, 6) is 0. The van der Waals surface area contributed by atoms with Gasteiger partial charge in [-0.3, -0.25) is 0 Å². The highest BCUT2D eigenvalue weighted by atomic mass is 28.4. The van der Waals surface area contributed by atoms with Crippen LogP contribution in [0.2, 0.25) is 38.3 Å². The summed E-state index contributed by atoms with van der Waals surface area (Å²) in [4.78, 5) is 0. The van der Waals surface area contributed by atoms with E-state index in [1.54, 1.807) is 0 Å². The zero-order valence-electron chi connectivity index (χ0n) is 11.5. The summed E-state index contributed by atoms with van der Waals surface area (Å²) in [5.41, 5.74) is 0. The first kappa shape index (κ1) is 30.4. The number of hydrogen-bond acceptors (Lipinski definition) is 1. The molecule has 0 amide bonds. The van der Waals surface area contributed by atoms with E-state index in [9.17, 15) is 0 Å². The van der Waals surface area contributed by atoms with Crippen molar-refractivity contribution in [2.75, 3.05) is 0 Å². The first-order valence-corrected chi connectivity index (χ1v) is 12.2. The molecule has 0 heterocycles. The van der Waals surface area contributed by atoms with Crippen molar-refractivity contribution in [2.45, 2.75) is 94.7 Å². The Morgan fingerprint density at radius 1 is 0.647 bits per heavy atom. The van der Waals surface area contributed by atoms with E-state index in [2.05, 4.69) is 53.9 Å². The molecule has 0 unspecified atom stereocenters. The first-order chi connectivity index (χ1) is 6.24. The van der Waals surface area contributed by atoms with Crippen molar-refractivity contribution in [1.82, 2.24) is 0 Å². The molecule has 0 aliphatic rings. The summed E-state index contributed by atoms with van der Waals surface area (Å²) in [6.07, 6.45) is 1.25. The van der Waals surface area contributed by atoms with Gasteiger partial charge in [0.25, 0.3) is 0 Å². The summed E-state index contributed by atoms with van der Waals surface area (Å²) in [5, 5.41) is 0. The molecule has 1 nitrogen and oxygen atoms in total. The van der Waals surface area contributed by atoms with Crippen molar-refractivity contribution >= 4 is 16.6 Å². The first-order valence-electron chi connectivity index (χ1n) is 5.94. The molecule has 0 rings (SSSR count). The molecule has 0 fully saturated rings. The van der Waals surface area contributed by atoms with Crippen molar-refractivity contribution in [3.8, 4) is 0 Å². The van der Waals surface area contributed by atoms with Crippen LogP contribution >= 0.6 is 0 Å². The molecule has 0 radical (unpaired) electrons. The molecular formula is C14H42OSi2. The fraction of sp³-hybridized carbons (Fsp3) is 1.00. The third kappa shape index (κ3) is 22.1. The molecule has 3 heteroatoms. The Hall–Kier alpha value is 0.394. The van der Waals surface area contributed by atoms with Gasteiger partial charge in [0.2, 0.25) is 0 Å². The van der Waals surface area contributed by atoms with Crippen LogP contribution in [0.5, 0.6) is 0 Å². The van der Waals surface area contributed by atoms with E-state index in [1.807, 2.05) is 0 Å². The summed E-state index contributed by atoms with van der Waals surface area (Å²) >= 11 is 0. The van der Waals surface area contributed by atoms with Crippen molar-refractivity contribution in [2.24, 2.45) is 0 Å². The van der Waals surface area contributed by atoms with Crippen molar-refractivity contribution in [1.29, 1.82) is 0 Å². The molecule has 0 saturated carbocycles. The average molecular weight is 283 g/mol. The lowest BCUT2D eigenvalue weighted by molar-refractivity contribution is 0.542. The molecule has 0 aromatic heterocycles. The van der Waals surface area contributed by atoms with Gasteiger partial charge in [0.05, 0.1) is 0 Å². The Morgan fingerprint density at radius 2 is 0.824 bits per heavy atom. The lowest BCUT2D eigenvalue weighted by Gasteiger charge is -2.32. The molecule has 0 N–H and O–H groups in total. The topological polar surface area (TPSA) is 9.23 Å². The minimum Gasteiger partial charge on any atom is -0.456 e. The Morgan fingerprint density at radius 3 is 0.941 bits per heavy atom. The molecule has 0 aliphatic carbocycles. The predicted molar refractivity (Wildman–Crippen MR) is 93.2 cm³/mol. The predicted octanol–water partition coefficient (Wildman–Crippen LogP) is 6.78. The molecule has 0 aromatic rings. The van der Waals surface area contributed by atoms with Gasteiger partial charge in [-0.2, -0.15) is 0 Å². The smallest absolute Gasteiger partial charge is 0.173 e. The second-order valence-electron chi connectivity index (χ2n) is 5.04. The van der Waals surface area contributed by atoms with Crippen LogP contribution in [-0.4, -0.2) is 16.6 Å². The summed E-state index contributed by atoms with van der Waals surface area (Å²) in [6.45, 7) is 18.0. The Balaban J connectivity index is -0.0000000724. The largest absolute Gasteiger partial charge is 0.456 e. The molecule has 0 saturated heterocycles. The minimum absolute atomic E-state index is 0. The van der Waals surface area contributed by atoms with Crippen molar-refractivity contribution in [3.63, 3.8) is 0 Å². The lowest BCUT2D eigenvalue weighted by atomic mass is 10.6. The van der Waals surface area contributed by atoms with Gasteiger partial charge < -0.3 is 4.12 Å². The van der Waals surface area contributed by atoms with Gasteiger partial charge in [-0.15, -0.1) is 0 Å². The van der Waals surface area contributed by atoms with E-state index in [1.165, 1.54) is 18.5 Å². The third-order valence-corrected chi connectivity index (χ3v) is 10.1. The fourth-order valence-corrected chi connectivity index (χ4v) is 8.03. The molecule has 17 heavy (non-hydrogen) atoms. The quantitative estimate of drug-likeness (QED) is 0.516. The van der Waals surface area contributed by atoms with Gasteiger partial charge in [0.1, 0.15) is 0 Å². The van der Waals surface area contributed by atoms with Crippen LogP contribution in [-0.2, 0) is 4.12 Å². The van der Waals surface area contributed by atoms with Gasteiger partial charge in [0, 0.05) is 0 Å². The highest BCUT2D eigenvalue weighted by Gasteiger charge is 2.29. The maximum absolute atomic E-state index is 6.20. The summed E-state index contributed by atoms with van der Waals surface area (Å²) in [6, 6.07) is 2.48. The minimum atomic E-state index is -1.27. The molecule has 0 bridgehead atoms. The van der Waals surface area contributed by atoms with Gasteiger partial charge in [-0.25, -0.2) is 0 Å². The van der Waals surface area contributed by atoms with Crippen molar-refractivity contribution < 1.29 is 4.12 Å². The van der Waals surface area contributed by atoms with Gasteiger partial charge >= 0.3 is 0 Å². The lowest BCUT2D eigenvalue weighted by Crippen LogP contribution is -2.43. The second kappa shape index (κ2) is 14.5. The third-order valence-electron chi connectivity index (χ3n) is 2.26. The van der Waals surface area contributed by atoms with Gasteiger partial charge in [-0.05, 0) is 38.3 Å². The van der Waals surface area contributed by atoms with Gasteiger partial charge in [-0.1, -0.05) is 56.4 Å². The van der Waals surface area contributed by atoms with E-state index in [0.29, 0.717) is 0 Å². The monoisotopic (exact) mass is 282 g/mol. The molecule has 0 aliphatic heterocycles. The zero-order chi connectivity index (χ0) is 11.8. The standard InChI is InChI=1S/C8H22OSi2.C3H8.3CH4/c1-7-10(3,4)9-11(5,6)8-2;1-3-2;;;/h7-8H2,1-6H3;3H2,1-2H3;3*1H4. The maximum atomic E-state index is 6.20. The Labute approximate surface area is 116 Å². The maximum Gasteiger partial charge on any atom is 0.173 e. The Bertz CT molecular complexity index is 120.